The second-order valence-corrected chi connectivity index (χ2v) is 10.1. The molecule has 0 unspecified atom stereocenters. The van der Waals surface area contributed by atoms with Gasteiger partial charge in [-0.15, -0.1) is 0 Å². The molecule has 0 radical (unpaired) electrons. The van der Waals surface area contributed by atoms with Crippen molar-refractivity contribution in [3.63, 3.8) is 0 Å². The van der Waals surface area contributed by atoms with Gasteiger partial charge in [0.2, 0.25) is 0 Å². The van der Waals surface area contributed by atoms with E-state index in [1.807, 2.05) is 53.7 Å². The molecule has 0 amide bonds. The van der Waals surface area contributed by atoms with Gasteiger partial charge < -0.3 is 9.05 Å². The average Bonchev–Trinajstić information content (AvgIpc) is 2.38. The van der Waals surface area contributed by atoms with Crippen LogP contribution in [0.3, 0.4) is 0 Å². The van der Waals surface area contributed by atoms with Gasteiger partial charge in [-0.25, -0.2) is 4.57 Å². The van der Waals surface area contributed by atoms with Crippen molar-refractivity contribution < 1.29 is 13.6 Å². The molecule has 5 heteroatoms. The van der Waals surface area contributed by atoms with E-state index < -0.39 is 6.80 Å². The summed E-state index contributed by atoms with van der Waals surface area (Å²) in [6, 6.07) is 6.08. The molecule has 120 valence electrons. The van der Waals surface area contributed by atoms with Crippen LogP contribution in [0.2, 0.25) is 0 Å². The molecule has 1 aromatic rings. The van der Waals surface area contributed by atoms with E-state index in [2.05, 4.69) is 6.07 Å². The number of aryl methyl sites for hydroxylation is 2. The molecule has 0 aliphatic carbocycles. The lowest BCUT2D eigenvalue weighted by Gasteiger charge is -2.20. The zero-order chi connectivity index (χ0) is 16.0. The first-order valence-electron chi connectivity index (χ1n) is 7.38. The van der Waals surface area contributed by atoms with Crippen LogP contribution >= 0.6 is 18.2 Å². The van der Waals surface area contributed by atoms with Crippen molar-refractivity contribution in [2.75, 3.05) is 13.2 Å². The summed E-state index contributed by atoms with van der Waals surface area (Å²) in [5.74, 6) is 0.640. The average molecular weight is 330 g/mol. The number of hydrogen-bond acceptors (Lipinski definition) is 4. The fourth-order valence-corrected chi connectivity index (χ4v) is 5.33. The molecule has 1 aromatic carbocycles. The van der Waals surface area contributed by atoms with Gasteiger partial charge in [0.15, 0.2) is 0 Å². The van der Waals surface area contributed by atoms with Crippen molar-refractivity contribution in [3.8, 4) is 0 Å². The number of hydrogen-bond donors (Lipinski definition) is 0. The van der Waals surface area contributed by atoms with Gasteiger partial charge in [0.05, 0.1) is 13.2 Å². The Hall–Kier alpha value is -0.280. The number of benzene rings is 1. The smallest absolute Gasteiger partial charge is 0.300 e. The predicted octanol–water partition coefficient (Wildman–Crippen LogP) is 5.85. The second kappa shape index (κ2) is 8.38. The Kier molecular flexibility index (Phi) is 7.49. The van der Waals surface area contributed by atoms with Crippen molar-refractivity contribution >= 4 is 18.2 Å². The SMILES string of the molecule is Cc1ccc(SP(=O)(OCC(C)C)OCC(C)C)c(C)c1. The molecule has 0 saturated carbocycles. The maximum absolute atomic E-state index is 12.9. The fourth-order valence-electron chi connectivity index (χ4n) is 1.59. The first-order chi connectivity index (χ1) is 9.72. The Bertz CT molecular complexity index is 484. The Labute approximate surface area is 133 Å². The molecule has 0 spiro atoms. The molecule has 0 atom stereocenters. The summed E-state index contributed by atoms with van der Waals surface area (Å²) in [7, 11) is 0. The maximum Gasteiger partial charge on any atom is 0.393 e. The molecule has 0 aliphatic heterocycles. The summed E-state index contributed by atoms with van der Waals surface area (Å²) >= 11 is 1.22. The van der Waals surface area contributed by atoms with Crippen LogP contribution in [0.1, 0.15) is 38.8 Å². The molecule has 0 saturated heterocycles. The molecule has 3 nitrogen and oxygen atoms in total. The molecule has 1 rings (SSSR count). The van der Waals surface area contributed by atoms with Gasteiger partial charge in [0.1, 0.15) is 0 Å². The van der Waals surface area contributed by atoms with Crippen molar-refractivity contribution in [2.45, 2.75) is 46.4 Å². The molecule has 0 heterocycles. The zero-order valence-electron chi connectivity index (χ0n) is 13.9. The van der Waals surface area contributed by atoms with Crippen LogP contribution < -0.4 is 0 Å². The third-order valence-corrected chi connectivity index (χ3v) is 6.37. The van der Waals surface area contributed by atoms with Crippen LogP contribution in [0.4, 0.5) is 0 Å². The van der Waals surface area contributed by atoms with Gasteiger partial charge >= 0.3 is 6.80 Å². The van der Waals surface area contributed by atoms with Gasteiger partial charge in [-0.05, 0) is 48.7 Å². The number of rotatable bonds is 8. The summed E-state index contributed by atoms with van der Waals surface area (Å²) in [5.41, 5.74) is 2.29. The van der Waals surface area contributed by atoms with Gasteiger partial charge in [-0.1, -0.05) is 45.4 Å². The summed E-state index contributed by atoms with van der Waals surface area (Å²) in [6.45, 7) is 9.91. The lowest BCUT2D eigenvalue weighted by Crippen LogP contribution is -2.05. The van der Waals surface area contributed by atoms with Crippen LogP contribution in [0.25, 0.3) is 0 Å². The highest BCUT2D eigenvalue weighted by molar-refractivity contribution is 8.55. The minimum atomic E-state index is -3.17. The Morgan fingerprint density at radius 2 is 1.57 bits per heavy atom. The van der Waals surface area contributed by atoms with Crippen molar-refractivity contribution in [2.24, 2.45) is 11.8 Å². The Morgan fingerprint density at radius 3 is 2.00 bits per heavy atom. The summed E-state index contributed by atoms with van der Waals surface area (Å²) < 4.78 is 24.2. The lowest BCUT2D eigenvalue weighted by molar-refractivity contribution is 0.186. The first-order valence-corrected chi connectivity index (χ1v) is 10.3. The third-order valence-electron chi connectivity index (χ3n) is 2.67. The van der Waals surface area contributed by atoms with E-state index in [4.69, 9.17) is 9.05 Å². The highest BCUT2D eigenvalue weighted by Gasteiger charge is 2.28. The molecule has 0 bridgehead atoms. The van der Waals surface area contributed by atoms with Gasteiger partial charge in [-0.3, -0.25) is 0 Å². The minimum Gasteiger partial charge on any atom is -0.300 e. The normalized spacial score (nSPS) is 12.4. The van der Waals surface area contributed by atoms with E-state index in [9.17, 15) is 4.57 Å². The Morgan fingerprint density at radius 1 is 1.05 bits per heavy atom. The van der Waals surface area contributed by atoms with Crippen molar-refractivity contribution in [1.29, 1.82) is 0 Å². The first kappa shape index (κ1) is 18.8. The fraction of sp³-hybridized carbons (Fsp3) is 0.625. The molecule has 0 fully saturated rings. The maximum atomic E-state index is 12.9. The van der Waals surface area contributed by atoms with Gasteiger partial charge in [-0.2, -0.15) is 0 Å². The van der Waals surface area contributed by atoms with E-state index >= 15 is 0 Å². The Balaban J connectivity index is 2.87. The summed E-state index contributed by atoms with van der Waals surface area (Å²) in [5, 5.41) is 0. The van der Waals surface area contributed by atoms with Crippen LogP contribution in [0.15, 0.2) is 23.1 Å². The lowest BCUT2D eigenvalue weighted by atomic mass is 10.2. The van der Waals surface area contributed by atoms with Crippen LogP contribution in [-0.4, -0.2) is 13.2 Å². The highest BCUT2D eigenvalue weighted by atomic mass is 32.7. The minimum absolute atomic E-state index is 0.320. The van der Waals surface area contributed by atoms with Crippen molar-refractivity contribution in [1.82, 2.24) is 0 Å². The van der Waals surface area contributed by atoms with E-state index in [1.54, 1.807) is 0 Å². The van der Waals surface area contributed by atoms with E-state index in [1.165, 1.54) is 16.9 Å². The van der Waals surface area contributed by atoms with Crippen LogP contribution in [-0.2, 0) is 13.6 Å². The highest BCUT2D eigenvalue weighted by Crippen LogP contribution is 2.64. The molecule has 0 aliphatic rings. The quantitative estimate of drug-likeness (QED) is 0.560. The second-order valence-electron chi connectivity index (χ2n) is 6.19. The standard InChI is InChI=1S/C16H27O3PS/c1-12(2)10-18-20(17,19-11-13(3)4)21-16-8-7-14(5)9-15(16)6/h7-9,12-13H,10-11H2,1-6H3. The van der Waals surface area contributed by atoms with Gasteiger partial charge in [0, 0.05) is 4.90 Å². The molecule has 21 heavy (non-hydrogen) atoms. The molecule has 0 N–H and O–H groups in total. The van der Waals surface area contributed by atoms with E-state index in [0.717, 1.165) is 10.5 Å². The van der Waals surface area contributed by atoms with E-state index in [-0.39, 0.29) is 0 Å². The summed E-state index contributed by atoms with van der Waals surface area (Å²) in [6.07, 6.45) is 0. The molecular weight excluding hydrogens is 303 g/mol. The monoisotopic (exact) mass is 330 g/mol. The predicted molar refractivity (Wildman–Crippen MR) is 91.0 cm³/mol. The van der Waals surface area contributed by atoms with E-state index in [0.29, 0.717) is 25.0 Å². The van der Waals surface area contributed by atoms with Crippen molar-refractivity contribution in [3.05, 3.63) is 29.3 Å². The molecular formula is C16H27O3PS. The topological polar surface area (TPSA) is 35.5 Å². The largest absolute Gasteiger partial charge is 0.393 e. The zero-order valence-corrected chi connectivity index (χ0v) is 15.6. The van der Waals surface area contributed by atoms with Gasteiger partial charge in [0.25, 0.3) is 0 Å². The molecule has 0 aromatic heterocycles. The summed E-state index contributed by atoms with van der Waals surface area (Å²) in [4.78, 5) is 0.955. The van der Waals surface area contributed by atoms with Crippen LogP contribution in [0.5, 0.6) is 0 Å². The van der Waals surface area contributed by atoms with Crippen LogP contribution in [0, 0.1) is 25.7 Å². The third kappa shape index (κ3) is 7.01.